The van der Waals surface area contributed by atoms with Crippen LogP contribution in [0.4, 0.5) is 5.82 Å². The highest BCUT2D eigenvalue weighted by Gasteiger charge is 2.17. The summed E-state index contributed by atoms with van der Waals surface area (Å²) in [7, 11) is 0. The third-order valence-electron chi connectivity index (χ3n) is 5.81. The number of nitrogens with zero attached hydrogens (tertiary/aromatic N) is 2. The van der Waals surface area contributed by atoms with Gasteiger partial charge in [-0.15, -0.1) is 0 Å². The number of aromatic nitrogens is 2. The van der Waals surface area contributed by atoms with Gasteiger partial charge in [0.05, 0.1) is 6.61 Å². The number of carbonyl (C=O) groups is 1. The van der Waals surface area contributed by atoms with Crippen molar-refractivity contribution in [3.8, 4) is 5.69 Å². The van der Waals surface area contributed by atoms with Gasteiger partial charge in [0.15, 0.2) is 5.69 Å². The Morgan fingerprint density at radius 3 is 1.97 bits per heavy atom. The Morgan fingerprint density at radius 1 is 0.871 bits per heavy atom. The first kappa shape index (κ1) is 25.0. The van der Waals surface area contributed by atoms with Crippen molar-refractivity contribution in [3.63, 3.8) is 0 Å². The average molecular weight is 428 g/mol. The number of ether oxygens (including phenoxy) is 1. The third-order valence-corrected chi connectivity index (χ3v) is 5.81. The maximum atomic E-state index is 11.9. The van der Waals surface area contributed by atoms with E-state index in [1.165, 1.54) is 82.6 Å². The molecule has 2 aromatic rings. The number of benzene rings is 1. The molecule has 0 saturated carbocycles. The van der Waals surface area contributed by atoms with Crippen molar-refractivity contribution < 1.29 is 9.53 Å². The molecule has 0 radical (unpaired) electrons. The Balaban J connectivity index is 1.62. The number of nitrogens with two attached hydrogens (primary N) is 1. The zero-order chi connectivity index (χ0) is 22.3. The quantitative estimate of drug-likeness (QED) is 0.234. The maximum absolute atomic E-state index is 11.9. The summed E-state index contributed by atoms with van der Waals surface area (Å²) in [6.45, 7) is 4.34. The minimum absolute atomic E-state index is 0.169. The lowest BCUT2D eigenvalue weighted by Crippen LogP contribution is -2.09. The highest BCUT2D eigenvalue weighted by molar-refractivity contribution is 5.92. The monoisotopic (exact) mass is 427 g/mol. The first-order chi connectivity index (χ1) is 15.2. The zero-order valence-electron chi connectivity index (χ0n) is 19.6. The molecular weight excluding hydrogens is 386 g/mol. The van der Waals surface area contributed by atoms with Crippen LogP contribution < -0.4 is 5.73 Å². The lowest BCUT2D eigenvalue weighted by molar-refractivity contribution is 0.0521. The summed E-state index contributed by atoms with van der Waals surface area (Å²) in [4.78, 5) is 16.0. The molecule has 0 aliphatic heterocycles. The molecule has 2 rings (SSSR count). The van der Waals surface area contributed by atoms with Crippen LogP contribution in [0.1, 0.15) is 107 Å². The van der Waals surface area contributed by atoms with Crippen LogP contribution in [-0.2, 0) is 11.2 Å². The fourth-order valence-electron chi connectivity index (χ4n) is 3.91. The van der Waals surface area contributed by atoms with E-state index in [-0.39, 0.29) is 5.69 Å². The summed E-state index contributed by atoms with van der Waals surface area (Å²) in [5.41, 5.74) is 8.49. The Bertz CT molecular complexity index is 753. The summed E-state index contributed by atoms with van der Waals surface area (Å²) in [6.07, 6.45) is 19.1. The molecule has 31 heavy (non-hydrogen) atoms. The van der Waals surface area contributed by atoms with Crippen molar-refractivity contribution in [2.45, 2.75) is 97.3 Å². The Morgan fingerprint density at radius 2 is 1.42 bits per heavy atom. The number of rotatable bonds is 16. The van der Waals surface area contributed by atoms with Gasteiger partial charge in [0.1, 0.15) is 12.1 Å². The van der Waals surface area contributed by atoms with Gasteiger partial charge >= 0.3 is 5.97 Å². The van der Waals surface area contributed by atoms with Gasteiger partial charge in [-0.1, -0.05) is 89.7 Å². The molecule has 0 bridgehead atoms. The van der Waals surface area contributed by atoms with Crippen molar-refractivity contribution in [2.24, 2.45) is 0 Å². The zero-order valence-corrected chi connectivity index (χ0v) is 19.6. The molecule has 0 unspecified atom stereocenters. The van der Waals surface area contributed by atoms with E-state index >= 15 is 0 Å². The molecule has 1 heterocycles. The summed E-state index contributed by atoms with van der Waals surface area (Å²) in [5, 5.41) is 0. The molecule has 1 aromatic carbocycles. The fraction of sp³-hybridized carbons (Fsp3) is 0.615. The number of unbranched alkanes of at least 4 members (excludes halogenated alkanes) is 11. The number of nitrogen functional groups attached to an aromatic ring is 1. The van der Waals surface area contributed by atoms with Crippen LogP contribution in [0, 0.1) is 0 Å². The highest BCUT2D eigenvalue weighted by Crippen LogP contribution is 2.19. The van der Waals surface area contributed by atoms with Gasteiger partial charge in [-0.2, -0.15) is 0 Å². The van der Waals surface area contributed by atoms with Gasteiger partial charge in [-0.25, -0.2) is 9.78 Å². The van der Waals surface area contributed by atoms with E-state index in [9.17, 15) is 4.79 Å². The Labute approximate surface area is 188 Å². The molecule has 2 N–H and O–H groups in total. The largest absolute Gasteiger partial charge is 0.461 e. The molecule has 172 valence electrons. The van der Waals surface area contributed by atoms with Crippen molar-refractivity contribution in [1.29, 1.82) is 0 Å². The highest BCUT2D eigenvalue weighted by atomic mass is 16.5. The third kappa shape index (κ3) is 8.76. The van der Waals surface area contributed by atoms with E-state index in [1.807, 2.05) is 12.1 Å². The number of imidazole rings is 1. The SMILES string of the molecule is CCCCCCCCCCCCCCc1ccc(-n2cnc(C(=O)OCC)c2N)cc1. The van der Waals surface area contributed by atoms with Crippen molar-refractivity contribution in [2.75, 3.05) is 12.3 Å². The summed E-state index contributed by atoms with van der Waals surface area (Å²) < 4.78 is 6.71. The van der Waals surface area contributed by atoms with Gasteiger partial charge in [0.25, 0.3) is 0 Å². The second kappa shape index (κ2) is 14.7. The predicted molar refractivity (Wildman–Crippen MR) is 129 cm³/mol. The van der Waals surface area contributed by atoms with Crippen molar-refractivity contribution >= 4 is 11.8 Å². The molecular formula is C26H41N3O2. The second-order valence-electron chi connectivity index (χ2n) is 8.37. The summed E-state index contributed by atoms with van der Waals surface area (Å²) in [6, 6.07) is 8.33. The van der Waals surface area contributed by atoms with Gasteiger partial charge in [-0.05, 0) is 37.5 Å². The first-order valence-electron chi connectivity index (χ1n) is 12.3. The van der Waals surface area contributed by atoms with E-state index in [1.54, 1.807) is 17.8 Å². The molecule has 0 atom stereocenters. The molecule has 1 aromatic heterocycles. The van der Waals surface area contributed by atoms with Gasteiger partial charge in [0, 0.05) is 5.69 Å². The number of hydrogen-bond acceptors (Lipinski definition) is 4. The van der Waals surface area contributed by atoms with Gasteiger partial charge < -0.3 is 10.5 Å². The number of esters is 1. The molecule has 0 aliphatic carbocycles. The molecule has 5 heteroatoms. The van der Waals surface area contributed by atoms with E-state index in [0.717, 1.165) is 12.1 Å². The average Bonchev–Trinajstić information content (AvgIpc) is 3.16. The van der Waals surface area contributed by atoms with Crippen LogP contribution in [0.15, 0.2) is 30.6 Å². The molecule has 0 aliphatic rings. The van der Waals surface area contributed by atoms with Crippen LogP contribution in [-0.4, -0.2) is 22.1 Å². The van der Waals surface area contributed by atoms with Gasteiger partial charge in [-0.3, -0.25) is 4.57 Å². The predicted octanol–water partition coefficient (Wildman–Crippen LogP) is 6.87. The van der Waals surface area contributed by atoms with Crippen LogP contribution in [0.5, 0.6) is 0 Å². The van der Waals surface area contributed by atoms with Crippen LogP contribution in [0.2, 0.25) is 0 Å². The van der Waals surface area contributed by atoms with Crippen molar-refractivity contribution in [1.82, 2.24) is 9.55 Å². The first-order valence-corrected chi connectivity index (χ1v) is 12.3. The molecule has 0 amide bonds. The van der Waals surface area contributed by atoms with E-state index in [0.29, 0.717) is 12.4 Å². The van der Waals surface area contributed by atoms with Gasteiger partial charge in [0.2, 0.25) is 0 Å². The topological polar surface area (TPSA) is 70.1 Å². The Hall–Kier alpha value is -2.30. The number of anilines is 1. The summed E-state index contributed by atoms with van der Waals surface area (Å²) in [5.74, 6) is -0.172. The number of carbonyl (C=O) groups excluding carboxylic acids is 1. The fourth-order valence-corrected chi connectivity index (χ4v) is 3.91. The smallest absolute Gasteiger partial charge is 0.360 e. The Kier molecular flexibility index (Phi) is 11.8. The van der Waals surface area contributed by atoms with E-state index in [2.05, 4.69) is 24.0 Å². The number of aryl methyl sites for hydroxylation is 1. The molecule has 0 fully saturated rings. The van der Waals surface area contributed by atoms with Crippen molar-refractivity contribution in [3.05, 3.63) is 41.9 Å². The van der Waals surface area contributed by atoms with Crippen LogP contribution >= 0.6 is 0 Å². The second-order valence-corrected chi connectivity index (χ2v) is 8.37. The van der Waals surface area contributed by atoms with E-state index in [4.69, 9.17) is 10.5 Å². The minimum atomic E-state index is -0.484. The maximum Gasteiger partial charge on any atom is 0.360 e. The normalized spacial score (nSPS) is 11.0. The molecule has 0 saturated heterocycles. The minimum Gasteiger partial charge on any atom is -0.461 e. The molecule has 5 nitrogen and oxygen atoms in total. The van der Waals surface area contributed by atoms with E-state index < -0.39 is 5.97 Å². The number of hydrogen-bond donors (Lipinski definition) is 1. The van der Waals surface area contributed by atoms with Crippen LogP contribution in [0.25, 0.3) is 5.69 Å². The standard InChI is InChI=1S/C26H41N3O2/c1-3-5-6-7-8-9-10-11-12-13-14-15-16-22-17-19-23(20-18-22)29-21-28-24(25(29)27)26(30)31-4-2/h17-21H,3-16,27H2,1-2H3. The van der Waals surface area contributed by atoms with Crippen LogP contribution in [0.3, 0.4) is 0 Å². The molecule has 0 spiro atoms. The lowest BCUT2D eigenvalue weighted by Gasteiger charge is -2.08. The lowest BCUT2D eigenvalue weighted by atomic mass is 10.0. The summed E-state index contributed by atoms with van der Waals surface area (Å²) >= 11 is 0.